The third-order valence-corrected chi connectivity index (χ3v) is 11.6. The van der Waals surface area contributed by atoms with Crippen molar-refractivity contribution < 1.29 is 0 Å². The molecule has 0 saturated heterocycles. The summed E-state index contributed by atoms with van der Waals surface area (Å²) in [6.45, 7) is 0. The lowest BCUT2D eigenvalue weighted by molar-refractivity contribution is 1.18. The van der Waals surface area contributed by atoms with E-state index in [2.05, 4.69) is 240 Å². The molecule has 0 spiro atoms. The molecule has 58 heavy (non-hydrogen) atoms. The molecule has 0 radical (unpaired) electrons. The van der Waals surface area contributed by atoms with Gasteiger partial charge >= 0.3 is 0 Å². The molecule has 11 aromatic rings. The molecule has 1 aromatic heterocycles. The molecule has 0 fully saturated rings. The van der Waals surface area contributed by atoms with Crippen molar-refractivity contribution in [3.05, 3.63) is 231 Å². The number of nitrogens with zero attached hydrogens (tertiary/aromatic N) is 2. The Morgan fingerprint density at radius 3 is 1.48 bits per heavy atom. The van der Waals surface area contributed by atoms with Crippen molar-refractivity contribution in [2.45, 2.75) is 0 Å². The normalized spacial score (nSPS) is 11.4. The monoisotopic (exact) mass is 738 g/mol. The van der Waals surface area contributed by atoms with Crippen LogP contribution in [0.15, 0.2) is 231 Å². The highest BCUT2D eigenvalue weighted by Crippen LogP contribution is 2.47. The predicted octanol–water partition coefficient (Wildman–Crippen LogP) is 15.6. The summed E-state index contributed by atoms with van der Waals surface area (Å²) in [5.41, 5.74) is 14.2. The minimum Gasteiger partial charge on any atom is -0.310 e. The number of hydrogen-bond donors (Lipinski definition) is 0. The highest BCUT2D eigenvalue weighted by Gasteiger charge is 2.21. The van der Waals surface area contributed by atoms with Crippen LogP contribution in [-0.2, 0) is 0 Å². The van der Waals surface area contributed by atoms with Gasteiger partial charge in [0.2, 0.25) is 0 Å². The second-order valence-electron chi connectivity index (χ2n) is 14.9. The van der Waals surface area contributed by atoms with E-state index in [4.69, 9.17) is 0 Å². The molecule has 10 aromatic carbocycles. The lowest BCUT2D eigenvalue weighted by Gasteiger charge is -2.27. The number of rotatable bonds is 7. The fourth-order valence-electron chi connectivity index (χ4n) is 9.06. The van der Waals surface area contributed by atoms with Crippen LogP contribution in [0.3, 0.4) is 0 Å². The third kappa shape index (κ3) is 5.57. The first-order valence-electron chi connectivity index (χ1n) is 19.9. The number of aromatic nitrogens is 1. The molecule has 0 aliphatic heterocycles. The zero-order chi connectivity index (χ0) is 38.4. The minimum atomic E-state index is 1.10. The van der Waals surface area contributed by atoms with Crippen LogP contribution in [0.1, 0.15) is 0 Å². The second kappa shape index (κ2) is 14.1. The maximum Gasteiger partial charge on any atom is 0.0547 e. The number of benzene rings is 10. The molecule has 0 atom stereocenters. The summed E-state index contributed by atoms with van der Waals surface area (Å²) in [5, 5.41) is 7.48. The average molecular weight is 739 g/mol. The minimum absolute atomic E-state index is 1.10. The highest BCUT2D eigenvalue weighted by molar-refractivity contribution is 6.22. The number of anilines is 3. The van der Waals surface area contributed by atoms with Crippen molar-refractivity contribution in [3.8, 4) is 39.1 Å². The molecule has 0 saturated carbocycles. The van der Waals surface area contributed by atoms with Crippen molar-refractivity contribution in [2.24, 2.45) is 0 Å². The number of para-hydroxylation sites is 3. The lowest BCUT2D eigenvalue weighted by Crippen LogP contribution is -2.10. The molecule has 272 valence electrons. The standard InChI is InChI=1S/C56H38N2/c1-5-18-40(19-6-1)54-49-27-14-13-26-47(49)48-37-36-45(38-51(48)55(54)41-20-7-2-8-21-41)57(42-22-9-3-10-23-42)44-34-32-39(33-35-44)46-29-17-31-53-56(46)50-28-15-16-30-52(50)58(53)43-24-11-4-12-25-43/h1-38H. The predicted molar refractivity (Wildman–Crippen MR) is 247 cm³/mol. The van der Waals surface area contributed by atoms with Gasteiger partial charge in [0.25, 0.3) is 0 Å². The van der Waals surface area contributed by atoms with Gasteiger partial charge in [-0.05, 0) is 116 Å². The molecule has 1 heterocycles. The molecule has 0 unspecified atom stereocenters. The first-order valence-corrected chi connectivity index (χ1v) is 19.9. The quantitative estimate of drug-likeness (QED) is 0.148. The molecule has 2 heteroatoms. The molecule has 0 aliphatic carbocycles. The molecule has 0 bridgehead atoms. The van der Waals surface area contributed by atoms with E-state index < -0.39 is 0 Å². The largest absolute Gasteiger partial charge is 0.310 e. The van der Waals surface area contributed by atoms with Crippen LogP contribution in [0, 0.1) is 0 Å². The van der Waals surface area contributed by atoms with Gasteiger partial charge in [0.15, 0.2) is 0 Å². The molecular formula is C56H38N2. The van der Waals surface area contributed by atoms with Crippen molar-refractivity contribution in [1.82, 2.24) is 4.57 Å². The molecule has 0 amide bonds. The molecule has 2 nitrogen and oxygen atoms in total. The van der Waals surface area contributed by atoms with Gasteiger partial charge in [-0.25, -0.2) is 0 Å². The first-order chi connectivity index (χ1) is 28.8. The van der Waals surface area contributed by atoms with E-state index in [0.717, 1.165) is 22.7 Å². The van der Waals surface area contributed by atoms with Crippen molar-refractivity contribution in [3.63, 3.8) is 0 Å². The van der Waals surface area contributed by atoms with E-state index in [0.29, 0.717) is 0 Å². The van der Waals surface area contributed by atoms with Gasteiger partial charge in [-0.3, -0.25) is 0 Å². The second-order valence-corrected chi connectivity index (χ2v) is 14.9. The van der Waals surface area contributed by atoms with Crippen molar-refractivity contribution in [1.29, 1.82) is 0 Å². The smallest absolute Gasteiger partial charge is 0.0547 e. The summed E-state index contributed by atoms with van der Waals surface area (Å²) in [5.74, 6) is 0. The van der Waals surface area contributed by atoms with E-state index in [9.17, 15) is 0 Å². The molecular weight excluding hydrogens is 701 g/mol. The Morgan fingerprint density at radius 1 is 0.293 bits per heavy atom. The fraction of sp³-hybridized carbons (Fsp3) is 0. The van der Waals surface area contributed by atoms with E-state index in [1.54, 1.807) is 0 Å². The Labute approximate surface area is 338 Å². The highest BCUT2D eigenvalue weighted by atomic mass is 15.1. The van der Waals surface area contributed by atoms with Gasteiger partial charge in [0.05, 0.1) is 11.0 Å². The maximum atomic E-state index is 2.40. The van der Waals surface area contributed by atoms with E-state index in [1.807, 2.05) is 0 Å². The van der Waals surface area contributed by atoms with Crippen LogP contribution in [0.2, 0.25) is 0 Å². The molecule has 0 N–H and O–H groups in total. The van der Waals surface area contributed by atoms with Gasteiger partial charge in [-0.15, -0.1) is 0 Å². The van der Waals surface area contributed by atoms with Gasteiger partial charge < -0.3 is 9.47 Å². The van der Waals surface area contributed by atoms with Crippen molar-refractivity contribution in [2.75, 3.05) is 4.90 Å². The van der Waals surface area contributed by atoms with Crippen LogP contribution in [0.25, 0.3) is 82.4 Å². The first kappa shape index (κ1) is 33.6. The van der Waals surface area contributed by atoms with E-state index in [1.165, 1.54) is 76.7 Å². The Balaban J connectivity index is 1.11. The zero-order valence-electron chi connectivity index (χ0n) is 31.8. The van der Waals surface area contributed by atoms with Crippen molar-refractivity contribution >= 4 is 60.4 Å². The third-order valence-electron chi connectivity index (χ3n) is 11.6. The Kier molecular flexibility index (Phi) is 8.19. The topological polar surface area (TPSA) is 8.17 Å². The van der Waals surface area contributed by atoms with Gasteiger partial charge in [0.1, 0.15) is 0 Å². The number of hydrogen-bond acceptors (Lipinski definition) is 1. The van der Waals surface area contributed by atoms with Crippen LogP contribution in [0.4, 0.5) is 17.1 Å². The maximum absolute atomic E-state index is 2.40. The summed E-state index contributed by atoms with van der Waals surface area (Å²) in [6, 6.07) is 83.6. The SMILES string of the molecule is c1ccc(-c2c(-c3ccccc3)c3cc(N(c4ccccc4)c4ccc(-c5cccc6c5c5ccccc5n6-c5ccccc5)cc4)ccc3c3ccccc23)cc1. The molecule has 0 aliphatic rings. The summed E-state index contributed by atoms with van der Waals surface area (Å²) < 4.78 is 2.38. The van der Waals surface area contributed by atoms with Gasteiger partial charge in [-0.2, -0.15) is 0 Å². The number of fused-ring (bicyclic) bond motifs is 6. The fourth-order valence-corrected chi connectivity index (χ4v) is 9.06. The van der Waals surface area contributed by atoms with E-state index >= 15 is 0 Å². The summed E-state index contributed by atoms with van der Waals surface area (Å²) in [4.78, 5) is 2.39. The Morgan fingerprint density at radius 2 is 0.793 bits per heavy atom. The zero-order valence-corrected chi connectivity index (χ0v) is 31.8. The van der Waals surface area contributed by atoms with Gasteiger partial charge in [0, 0.05) is 33.5 Å². The van der Waals surface area contributed by atoms with Gasteiger partial charge in [-0.1, -0.05) is 170 Å². The van der Waals surface area contributed by atoms with Crippen LogP contribution in [-0.4, -0.2) is 4.57 Å². The summed E-state index contributed by atoms with van der Waals surface area (Å²) >= 11 is 0. The van der Waals surface area contributed by atoms with Crippen LogP contribution < -0.4 is 4.90 Å². The Bertz CT molecular complexity index is 3240. The molecule has 11 rings (SSSR count). The van der Waals surface area contributed by atoms with E-state index in [-0.39, 0.29) is 0 Å². The lowest BCUT2D eigenvalue weighted by atomic mass is 9.85. The Hall–Kier alpha value is -7.68. The summed E-state index contributed by atoms with van der Waals surface area (Å²) in [6.07, 6.45) is 0. The summed E-state index contributed by atoms with van der Waals surface area (Å²) in [7, 11) is 0. The average Bonchev–Trinajstić information content (AvgIpc) is 3.65. The van der Waals surface area contributed by atoms with Crippen LogP contribution >= 0.6 is 0 Å². The van der Waals surface area contributed by atoms with Crippen LogP contribution in [0.5, 0.6) is 0 Å².